The number of hydrogen-bond acceptors (Lipinski definition) is 7. The van der Waals surface area contributed by atoms with Crippen LogP contribution in [-0.4, -0.2) is 47.9 Å². The van der Waals surface area contributed by atoms with Gasteiger partial charge in [0.15, 0.2) is 0 Å². The van der Waals surface area contributed by atoms with Crippen LogP contribution in [0.2, 0.25) is 0 Å². The minimum Gasteiger partial charge on any atom is -0.465 e. The SMILES string of the molecule is COC(=O)c1c(-c2cnoc2)sc(C(C)C2CCN(C(=O)OC(C)(C)C)CC2)c1C. The molecule has 0 spiro atoms. The van der Waals surface area contributed by atoms with Crippen molar-refractivity contribution in [1.29, 1.82) is 0 Å². The fourth-order valence-corrected chi connectivity index (χ4v) is 5.37. The maximum Gasteiger partial charge on any atom is 0.410 e. The smallest absolute Gasteiger partial charge is 0.410 e. The molecule has 3 heterocycles. The van der Waals surface area contributed by atoms with Gasteiger partial charge < -0.3 is 18.9 Å². The highest BCUT2D eigenvalue weighted by molar-refractivity contribution is 7.16. The van der Waals surface area contributed by atoms with Gasteiger partial charge in [0.2, 0.25) is 0 Å². The van der Waals surface area contributed by atoms with Crippen LogP contribution in [0.4, 0.5) is 4.79 Å². The molecule has 1 fully saturated rings. The van der Waals surface area contributed by atoms with Crippen LogP contribution >= 0.6 is 11.3 Å². The zero-order chi connectivity index (χ0) is 22.1. The largest absolute Gasteiger partial charge is 0.465 e. The summed E-state index contributed by atoms with van der Waals surface area (Å²) in [6.07, 6.45) is 4.71. The third-order valence-electron chi connectivity index (χ3n) is 5.58. The van der Waals surface area contributed by atoms with Crippen LogP contribution in [-0.2, 0) is 9.47 Å². The van der Waals surface area contributed by atoms with Gasteiger partial charge in [0, 0.05) is 18.0 Å². The van der Waals surface area contributed by atoms with Gasteiger partial charge in [-0.25, -0.2) is 9.59 Å². The van der Waals surface area contributed by atoms with Crippen molar-refractivity contribution in [3.05, 3.63) is 28.5 Å². The van der Waals surface area contributed by atoms with E-state index in [1.807, 2.05) is 27.7 Å². The van der Waals surface area contributed by atoms with E-state index >= 15 is 0 Å². The molecule has 0 aromatic carbocycles. The van der Waals surface area contributed by atoms with E-state index in [-0.39, 0.29) is 18.0 Å². The minimum atomic E-state index is -0.488. The first-order valence-corrected chi connectivity index (χ1v) is 11.0. The molecule has 1 aliphatic heterocycles. The van der Waals surface area contributed by atoms with Gasteiger partial charge in [-0.1, -0.05) is 12.1 Å². The second-order valence-corrected chi connectivity index (χ2v) is 9.85. The number of carbonyl (C=O) groups is 2. The first kappa shape index (κ1) is 22.3. The van der Waals surface area contributed by atoms with Crippen LogP contribution in [0.1, 0.15) is 67.3 Å². The van der Waals surface area contributed by atoms with Crippen molar-refractivity contribution in [2.45, 2.75) is 59.0 Å². The van der Waals surface area contributed by atoms with Gasteiger partial charge in [-0.2, -0.15) is 0 Å². The number of nitrogens with zero attached hydrogens (tertiary/aromatic N) is 2. The number of carbonyl (C=O) groups excluding carboxylic acids is 2. The Kier molecular flexibility index (Phi) is 6.55. The highest BCUT2D eigenvalue weighted by Gasteiger charge is 2.33. The first-order valence-electron chi connectivity index (χ1n) is 10.2. The van der Waals surface area contributed by atoms with Crippen LogP contribution in [0.25, 0.3) is 10.4 Å². The molecular formula is C22H30N2O5S. The van der Waals surface area contributed by atoms with Crippen LogP contribution < -0.4 is 0 Å². The van der Waals surface area contributed by atoms with E-state index in [9.17, 15) is 9.59 Å². The Balaban J connectivity index is 1.77. The second kappa shape index (κ2) is 8.79. The Morgan fingerprint density at radius 3 is 2.50 bits per heavy atom. The number of methoxy groups -OCH3 is 1. The summed E-state index contributed by atoms with van der Waals surface area (Å²) in [7, 11) is 1.40. The number of esters is 1. The Morgan fingerprint density at radius 2 is 1.97 bits per heavy atom. The molecule has 0 bridgehead atoms. The summed E-state index contributed by atoms with van der Waals surface area (Å²) >= 11 is 1.60. The van der Waals surface area contributed by atoms with E-state index in [2.05, 4.69) is 12.1 Å². The normalized spacial score (nSPS) is 16.4. The number of piperidine rings is 1. The third kappa shape index (κ3) is 4.69. The number of likely N-dealkylation sites (tertiary alicyclic amines) is 1. The fraction of sp³-hybridized carbons (Fsp3) is 0.591. The lowest BCUT2D eigenvalue weighted by molar-refractivity contribution is 0.0176. The summed E-state index contributed by atoms with van der Waals surface area (Å²) in [4.78, 5) is 28.6. The summed E-state index contributed by atoms with van der Waals surface area (Å²) in [5, 5.41) is 3.78. The Labute approximate surface area is 181 Å². The molecule has 0 N–H and O–H groups in total. The van der Waals surface area contributed by atoms with E-state index in [1.165, 1.54) is 12.0 Å². The molecule has 1 aliphatic rings. The zero-order valence-corrected chi connectivity index (χ0v) is 19.3. The monoisotopic (exact) mass is 434 g/mol. The average molecular weight is 435 g/mol. The highest BCUT2D eigenvalue weighted by Crippen LogP contribution is 2.44. The molecule has 164 valence electrons. The standard InChI is InChI=1S/C22H30N2O5S/c1-13(15-7-9-24(10-8-15)21(26)29-22(3,4)5)18-14(2)17(20(25)27-6)19(30-18)16-11-23-28-12-16/h11-13,15H,7-10H2,1-6H3. The number of amides is 1. The van der Waals surface area contributed by atoms with Crippen molar-refractivity contribution in [2.24, 2.45) is 5.92 Å². The molecule has 1 atom stereocenters. The van der Waals surface area contributed by atoms with E-state index in [1.54, 1.807) is 28.7 Å². The van der Waals surface area contributed by atoms with Gasteiger partial charge in [-0.15, -0.1) is 11.3 Å². The van der Waals surface area contributed by atoms with Gasteiger partial charge in [0.05, 0.1) is 29.3 Å². The molecular weight excluding hydrogens is 404 g/mol. The molecule has 1 saturated heterocycles. The van der Waals surface area contributed by atoms with Gasteiger partial charge in [-0.05, 0) is 57.9 Å². The van der Waals surface area contributed by atoms with Crippen LogP contribution in [0.15, 0.2) is 17.0 Å². The van der Waals surface area contributed by atoms with Crippen LogP contribution in [0.3, 0.4) is 0 Å². The lowest BCUT2D eigenvalue weighted by Gasteiger charge is -2.35. The third-order valence-corrected chi connectivity index (χ3v) is 7.12. The van der Waals surface area contributed by atoms with E-state index < -0.39 is 5.60 Å². The van der Waals surface area contributed by atoms with Crippen molar-refractivity contribution in [1.82, 2.24) is 10.1 Å². The number of thiophene rings is 1. The fourth-order valence-electron chi connectivity index (χ4n) is 3.96. The van der Waals surface area contributed by atoms with Gasteiger partial charge >= 0.3 is 12.1 Å². The molecule has 3 rings (SSSR count). The van der Waals surface area contributed by atoms with E-state index in [0.717, 1.165) is 28.8 Å². The molecule has 2 aromatic heterocycles. The molecule has 0 aliphatic carbocycles. The predicted molar refractivity (Wildman–Crippen MR) is 115 cm³/mol. The Morgan fingerprint density at radius 1 is 1.30 bits per heavy atom. The maximum absolute atomic E-state index is 12.5. The van der Waals surface area contributed by atoms with Crippen molar-refractivity contribution in [3.63, 3.8) is 0 Å². The van der Waals surface area contributed by atoms with E-state index in [4.69, 9.17) is 14.0 Å². The molecule has 1 unspecified atom stereocenters. The van der Waals surface area contributed by atoms with Crippen molar-refractivity contribution in [2.75, 3.05) is 20.2 Å². The lowest BCUT2D eigenvalue weighted by Crippen LogP contribution is -2.42. The summed E-state index contributed by atoms with van der Waals surface area (Å²) in [5.74, 6) is 0.327. The number of hydrogen-bond donors (Lipinski definition) is 0. The van der Waals surface area contributed by atoms with E-state index in [0.29, 0.717) is 24.6 Å². The average Bonchev–Trinajstić information content (AvgIpc) is 3.33. The first-order chi connectivity index (χ1) is 14.1. The summed E-state index contributed by atoms with van der Waals surface area (Å²) in [5.41, 5.74) is 1.82. The van der Waals surface area contributed by atoms with Gasteiger partial charge in [0.25, 0.3) is 0 Å². The van der Waals surface area contributed by atoms with Crippen molar-refractivity contribution in [3.8, 4) is 10.4 Å². The summed E-state index contributed by atoms with van der Waals surface area (Å²) in [6.45, 7) is 11.2. The highest BCUT2D eigenvalue weighted by atomic mass is 32.1. The lowest BCUT2D eigenvalue weighted by atomic mass is 9.83. The molecule has 2 aromatic rings. The van der Waals surface area contributed by atoms with Gasteiger partial charge in [0.1, 0.15) is 11.9 Å². The summed E-state index contributed by atoms with van der Waals surface area (Å²) in [6, 6.07) is 0. The topological polar surface area (TPSA) is 81.9 Å². The quantitative estimate of drug-likeness (QED) is 0.612. The number of rotatable bonds is 4. The minimum absolute atomic E-state index is 0.247. The Bertz CT molecular complexity index is 890. The maximum atomic E-state index is 12.5. The molecule has 0 saturated carbocycles. The molecule has 1 amide bonds. The predicted octanol–water partition coefficient (Wildman–Crippen LogP) is 5.25. The molecule has 7 nitrogen and oxygen atoms in total. The zero-order valence-electron chi connectivity index (χ0n) is 18.5. The summed E-state index contributed by atoms with van der Waals surface area (Å²) < 4.78 is 15.5. The molecule has 8 heteroatoms. The van der Waals surface area contributed by atoms with Crippen molar-refractivity contribution >= 4 is 23.4 Å². The number of aromatic nitrogens is 1. The molecule has 0 radical (unpaired) electrons. The van der Waals surface area contributed by atoms with Crippen LogP contribution in [0.5, 0.6) is 0 Å². The molecule has 30 heavy (non-hydrogen) atoms. The Hall–Kier alpha value is -2.35. The second-order valence-electron chi connectivity index (χ2n) is 8.79. The number of ether oxygens (including phenoxy) is 2. The van der Waals surface area contributed by atoms with Crippen molar-refractivity contribution < 1.29 is 23.6 Å². The van der Waals surface area contributed by atoms with Gasteiger partial charge in [-0.3, -0.25) is 0 Å². The van der Waals surface area contributed by atoms with Crippen LogP contribution in [0, 0.1) is 12.8 Å².